The fourth-order valence-corrected chi connectivity index (χ4v) is 4.48. The Morgan fingerprint density at radius 1 is 1.26 bits per heavy atom. The number of hydrogen-bond acceptors (Lipinski definition) is 5. The van der Waals surface area contributed by atoms with E-state index in [4.69, 9.17) is 0 Å². The van der Waals surface area contributed by atoms with Gasteiger partial charge in [-0.2, -0.15) is 5.10 Å². The van der Waals surface area contributed by atoms with Crippen LogP contribution in [0.2, 0.25) is 0 Å². The number of hydrogen-bond donors (Lipinski definition) is 2. The van der Waals surface area contributed by atoms with Gasteiger partial charge >= 0.3 is 0 Å². The van der Waals surface area contributed by atoms with Gasteiger partial charge in [0.25, 0.3) is 0 Å². The van der Waals surface area contributed by atoms with Gasteiger partial charge in [-0.05, 0) is 56.5 Å². The second-order valence-corrected chi connectivity index (χ2v) is 8.60. The van der Waals surface area contributed by atoms with Gasteiger partial charge in [0, 0.05) is 10.4 Å². The predicted molar refractivity (Wildman–Crippen MR) is 115 cm³/mol. The van der Waals surface area contributed by atoms with Crippen LogP contribution in [0, 0.1) is 6.92 Å². The highest BCUT2D eigenvalue weighted by molar-refractivity contribution is 9.11. The molecule has 3 rings (SSSR count). The highest BCUT2D eigenvalue weighted by Crippen LogP contribution is 2.32. The van der Waals surface area contributed by atoms with Crippen molar-refractivity contribution >= 4 is 55.3 Å². The third-order valence-corrected chi connectivity index (χ3v) is 5.95. The summed E-state index contributed by atoms with van der Waals surface area (Å²) >= 11 is 8.08. The minimum absolute atomic E-state index is 0.115. The van der Waals surface area contributed by atoms with Crippen molar-refractivity contribution in [2.45, 2.75) is 13.3 Å². The van der Waals surface area contributed by atoms with E-state index in [0.29, 0.717) is 8.95 Å². The fourth-order valence-electron chi connectivity index (χ4n) is 2.33. The van der Waals surface area contributed by atoms with Gasteiger partial charge in [0.2, 0.25) is 5.91 Å². The number of phenols is 1. The fraction of sp³-hybridized carbons (Fsp3) is 0.105. The van der Waals surface area contributed by atoms with E-state index >= 15 is 0 Å². The number of aryl methyl sites for hydroxylation is 1. The molecule has 1 amide bonds. The first-order valence-electron chi connectivity index (χ1n) is 7.95. The summed E-state index contributed by atoms with van der Waals surface area (Å²) < 4.78 is 1.08. The molecule has 3 aromatic rings. The number of aromatic hydroxyl groups is 1. The minimum atomic E-state index is -0.240. The zero-order valence-electron chi connectivity index (χ0n) is 14.2. The molecule has 0 fully saturated rings. The average Bonchev–Trinajstić information content (AvgIpc) is 3.01. The van der Waals surface area contributed by atoms with E-state index in [9.17, 15) is 9.90 Å². The average molecular weight is 509 g/mol. The van der Waals surface area contributed by atoms with Crippen molar-refractivity contribution in [2.24, 2.45) is 5.10 Å². The number of phenolic OH excluding ortho intramolecular Hbond substituents is 1. The predicted octanol–water partition coefficient (Wildman–Crippen LogP) is 5.04. The highest BCUT2D eigenvalue weighted by Gasteiger charge is 2.12. The molecule has 5 nitrogen and oxygen atoms in total. The molecule has 0 bridgehead atoms. The summed E-state index contributed by atoms with van der Waals surface area (Å²) in [6, 6.07) is 13.3. The van der Waals surface area contributed by atoms with Crippen LogP contribution in [0.25, 0.3) is 10.6 Å². The number of nitrogens with zero attached hydrogens (tertiary/aromatic N) is 2. The van der Waals surface area contributed by atoms with Crippen LogP contribution in [0.4, 0.5) is 0 Å². The zero-order chi connectivity index (χ0) is 19.4. The smallest absolute Gasteiger partial charge is 0.246 e. The Balaban J connectivity index is 1.64. The van der Waals surface area contributed by atoms with Crippen molar-refractivity contribution in [1.29, 1.82) is 0 Å². The van der Waals surface area contributed by atoms with Gasteiger partial charge in [-0.3, -0.25) is 4.79 Å². The molecule has 8 heteroatoms. The normalized spacial score (nSPS) is 11.1. The third-order valence-electron chi connectivity index (χ3n) is 3.68. The molecule has 2 aromatic carbocycles. The van der Waals surface area contributed by atoms with Crippen molar-refractivity contribution in [2.75, 3.05) is 0 Å². The van der Waals surface area contributed by atoms with E-state index in [2.05, 4.69) is 47.4 Å². The van der Waals surface area contributed by atoms with Crippen molar-refractivity contribution in [3.05, 3.63) is 67.5 Å². The van der Waals surface area contributed by atoms with Crippen molar-refractivity contribution in [1.82, 2.24) is 10.4 Å². The number of rotatable bonds is 5. The van der Waals surface area contributed by atoms with Gasteiger partial charge in [0.15, 0.2) is 0 Å². The van der Waals surface area contributed by atoms with E-state index in [1.54, 1.807) is 23.5 Å². The zero-order valence-corrected chi connectivity index (χ0v) is 18.2. The SMILES string of the molecule is Cc1sc(-c2ccccc2)nc1CC(=O)N/N=C/c1cc(Br)c(O)c(Br)c1. The summed E-state index contributed by atoms with van der Waals surface area (Å²) in [7, 11) is 0. The second kappa shape index (κ2) is 8.77. The summed E-state index contributed by atoms with van der Waals surface area (Å²) in [6.45, 7) is 1.96. The number of halogens is 2. The highest BCUT2D eigenvalue weighted by atomic mass is 79.9. The van der Waals surface area contributed by atoms with Crippen LogP contribution in [0.5, 0.6) is 5.75 Å². The monoisotopic (exact) mass is 507 g/mol. The lowest BCUT2D eigenvalue weighted by molar-refractivity contribution is -0.120. The van der Waals surface area contributed by atoms with Gasteiger partial charge in [-0.1, -0.05) is 30.3 Å². The van der Waals surface area contributed by atoms with Crippen molar-refractivity contribution in [3.63, 3.8) is 0 Å². The maximum absolute atomic E-state index is 12.2. The summed E-state index contributed by atoms with van der Waals surface area (Å²) in [4.78, 5) is 17.8. The maximum atomic E-state index is 12.2. The quantitative estimate of drug-likeness (QED) is 0.374. The number of nitrogens with one attached hydrogen (secondary N) is 1. The molecule has 0 aliphatic heterocycles. The Morgan fingerprint density at radius 3 is 2.59 bits per heavy atom. The topological polar surface area (TPSA) is 74.6 Å². The van der Waals surface area contributed by atoms with Crippen LogP contribution in [0.15, 0.2) is 56.5 Å². The standard InChI is InChI=1S/C19H15Br2N3O2S/c1-11-16(23-19(27-11)13-5-3-2-4-6-13)9-17(25)24-22-10-12-7-14(20)18(26)15(21)8-12/h2-8,10,26H,9H2,1H3,(H,24,25)/b22-10+. The number of carbonyl (C=O) groups is 1. The number of thiazole rings is 1. The Kier molecular flexibility index (Phi) is 6.41. The van der Waals surface area contributed by atoms with Gasteiger partial charge in [0.05, 0.1) is 27.3 Å². The van der Waals surface area contributed by atoms with E-state index < -0.39 is 0 Å². The van der Waals surface area contributed by atoms with Gasteiger partial charge in [-0.15, -0.1) is 11.3 Å². The first-order valence-corrected chi connectivity index (χ1v) is 10.4. The summed E-state index contributed by atoms with van der Waals surface area (Å²) in [5.74, 6) is -0.124. The molecule has 0 spiro atoms. The van der Waals surface area contributed by atoms with Crippen LogP contribution in [-0.4, -0.2) is 22.2 Å². The molecule has 138 valence electrons. The van der Waals surface area contributed by atoms with Crippen LogP contribution >= 0.6 is 43.2 Å². The molecule has 1 heterocycles. The summed E-state index contributed by atoms with van der Waals surface area (Å²) in [6.07, 6.45) is 1.67. The number of hydrazone groups is 1. The number of amides is 1. The molecule has 27 heavy (non-hydrogen) atoms. The second-order valence-electron chi connectivity index (χ2n) is 5.69. The molecule has 0 unspecified atom stereocenters. The number of benzene rings is 2. The molecule has 0 atom stereocenters. The molecular weight excluding hydrogens is 494 g/mol. The van der Waals surface area contributed by atoms with Crippen molar-refractivity contribution < 1.29 is 9.90 Å². The lowest BCUT2D eigenvalue weighted by Crippen LogP contribution is -2.20. The molecule has 0 aliphatic carbocycles. The molecule has 0 saturated carbocycles. The first-order chi connectivity index (χ1) is 12.9. The number of aromatic nitrogens is 1. The Hall–Kier alpha value is -2.03. The van der Waals surface area contributed by atoms with Gasteiger partial charge < -0.3 is 5.11 Å². The lowest BCUT2D eigenvalue weighted by Gasteiger charge is -2.02. The van der Waals surface area contributed by atoms with Crippen molar-refractivity contribution in [3.8, 4) is 16.3 Å². The lowest BCUT2D eigenvalue weighted by atomic mass is 10.2. The number of carbonyl (C=O) groups excluding carboxylic acids is 1. The van der Waals surface area contributed by atoms with Crippen LogP contribution in [0.1, 0.15) is 16.1 Å². The molecule has 0 aliphatic rings. The van der Waals surface area contributed by atoms with E-state index in [0.717, 1.165) is 26.7 Å². The van der Waals surface area contributed by atoms with Crippen LogP contribution < -0.4 is 5.43 Å². The maximum Gasteiger partial charge on any atom is 0.246 e. The summed E-state index contributed by atoms with van der Waals surface area (Å²) in [5, 5.41) is 14.6. The summed E-state index contributed by atoms with van der Waals surface area (Å²) in [5.41, 5.74) is 5.03. The third kappa shape index (κ3) is 5.03. The molecular formula is C19H15Br2N3O2S. The molecule has 0 saturated heterocycles. The molecule has 1 aromatic heterocycles. The minimum Gasteiger partial charge on any atom is -0.506 e. The van der Waals surface area contributed by atoms with E-state index in [1.165, 1.54) is 6.21 Å². The molecule has 0 radical (unpaired) electrons. The van der Waals surface area contributed by atoms with Crippen LogP contribution in [-0.2, 0) is 11.2 Å². The Labute approximate surface area is 177 Å². The molecule has 2 N–H and O–H groups in total. The van der Waals surface area contributed by atoms with Gasteiger partial charge in [-0.25, -0.2) is 10.4 Å². The first kappa shape index (κ1) is 19.7. The Bertz CT molecular complexity index is 980. The van der Waals surface area contributed by atoms with Gasteiger partial charge in [0.1, 0.15) is 10.8 Å². The van der Waals surface area contributed by atoms with Crippen LogP contribution in [0.3, 0.4) is 0 Å². The largest absolute Gasteiger partial charge is 0.506 e. The van der Waals surface area contributed by atoms with E-state index in [1.807, 2.05) is 37.3 Å². The Morgan fingerprint density at radius 2 is 1.93 bits per heavy atom. The van der Waals surface area contributed by atoms with E-state index in [-0.39, 0.29) is 18.1 Å².